The molecule has 0 atom stereocenters. The largest absolute Gasteiger partial charge is 0.373 e. The normalized spacial score (nSPS) is 13.1. The Morgan fingerprint density at radius 3 is 1.14 bits per heavy atom. The van der Waals surface area contributed by atoms with Crippen molar-refractivity contribution in [1.82, 2.24) is 0 Å². The van der Waals surface area contributed by atoms with Crippen molar-refractivity contribution in [2.24, 2.45) is 23.7 Å². The summed E-state index contributed by atoms with van der Waals surface area (Å²) in [5, 5.41) is 0. The average molecular weight is 318 g/mol. The Morgan fingerprint density at radius 1 is 0.545 bits per heavy atom. The van der Waals surface area contributed by atoms with Crippen molar-refractivity contribution >= 4 is 0 Å². The molecule has 134 valence electrons. The van der Waals surface area contributed by atoms with E-state index in [4.69, 9.17) is 18.9 Å². The molecule has 0 heterocycles. The molecule has 0 saturated heterocycles. The Kier molecular flexibility index (Phi) is 11.3. The van der Waals surface area contributed by atoms with E-state index in [0.717, 1.165) is 0 Å². The van der Waals surface area contributed by atoms with Crippen LogP contribution in [0.5, 0.6) is 0 Å². The first-order chi connectivity index (χ1) is 10.2. The smallest absolute Gasteiger partial charge is 0.307 e. The predicted molar refractivity (Wildman–Crippen MR) is 90.8 cm³/mol. The molecule has 0 amide bonds. The molecule has 22 heavy (non-hydrogen) atoms. The van der Waals surface area contributed by atoms with E-state index >= 15 is 0 Å². The molecular formula is C18H38O4. The average Bonchev–Trinajstić information content (AvgIpc) is 2.39. The van der Waals surface area contributed by atoms with E-state index < -0.39 is 5.97 Å². The highest BCUT2D eigenvalue weighted by Crippen LogP contribution is 2.21. The van der Waals surface area contributed by atoms with Crippen LogP contribution in [0.15, 0.2) is 0 Å². The van der Waals surface area contributed by atoms with Crippen LogP contribution in [0.1, 0.15) is 55.4 Å². The number of rotatable bonds is 13. The zero-order chi connectivity index (χ0) is 17.2. The van der Waals surface area contributed by atoms with Gasteiger partial charge in [-0.1, -0.05) is 55.4 Å². The minimum atomic E-state index is -1.09. The second-order valence-corrected chi connectivity index (χ2v) is 7.71. The van der Waals surface area contributed by atoms with Crippen molar-refractivity contribution in [3.05, 3.63) is 0 Å². The van der Waals surface area contributed by atoms with Crippen LogP contribution in [-0.4, -0.2) is 39.0 Å². The van der Waals surface area contributed by atoms with Gasteiger partial charge in [0, 0.05) is 6.61 Å². The van der Waals surface area contributed by atoms with Crippen molar-refractivity contribution < 1.29 is 18.9 Å². The molecule has 0 radical (unpaired) electrons. The van der Waals surface area contributed by atoms with Gasteiger partial charge in [0.15, 0.2) is 0 Å². The molecule has 0 spiro atoms. The number of ether oxygens (including phenoxy) is 4. The summed E-state index contributed by atoms with van der Waals surface area (Å²) >= 11 is 0. The minimum absolute atomic E-state index is 0.303. The molecule has 4 heteroatoms. The molecule has 0 aliphatic heterocycles. The van der Waals surface area contributed by atoms with E-state index in [9.17, 15) is 0 Å². The maximum Gasteiger partial charge on any atom is 0.307 e. The third-order valence-electron chi connectivity index (χ3n) is 2.64. The number of hydrogen-bond donors (Lipinski definition) is 0. The van der Waals surface area contributed by atoms with E-state index in [2.05, 4.69) is 55.4 Å². The Balaban J connectivity index is 4.83. The zero-order valence-corrected chi connectivity index (χ0v) is 16.0. The van der Waals surface area contributed by atoms with Gasteiger partial charge in [-0.3, -0.25) is 0 Å². The topological polar surface area (TPSA) is 36.9 Å². The highest BCUT2D eigenvalue weighted by Gasteiger charge is 2.35. The first kappa shape index (κ1) is 21.8. The lowest BCUT2D eigenvalue weighted by Crippen LogP contribution is -2.46. The summed E-state index contributed by atoms with van der Waals surface area (Å²) in [6.45, 7) is 19.7. The molecule has 0 N–H and O–H groups in total. The lowest BCUT2D eigenvalue weighted by Gasteiger charge is -2.35. The van der Waals surface area contributed by atoms with Crippen LogP contribution in [0.4, 0.5) is 0 Å². The summed E-state index contributed by atoms with van der Waals surface area (Å²) in [6, 6.07) is 0. The lowest BCUT2D eigenvalue weighted by atomic mass is 10.2. The van der Waals surface area contributed by atoms with Gasteiger partial charge < -0.3 is 18.9 Å². The molecule has 0 unspecified atom stereocenters. The molecule has 0 aliphatic carbocycles. The van der Waals surface area contributed by atoms with Crippen LogP contribution < -0.4 is 0 Å². The molecular weight excluding hydrogens is 280 g/mol. The van der Waals surface area contributed by atoms with E-state index in [0.29, 0.717) is 56.7 Å². The van der Waals surface area contributed by atoms with E-state index in [1.165, 1.54) is 0 Å². The van der Waals surface area contributed by atoms with E-state index in [-0.39, 0.29) is 0 Å². The first-order valence-corrected chi connectivity index (χ1v) is 8.66. The summed E-state index contributed by atoms with van der Waals surface area (Å²) in [5.74, 6) is 0.616. The molecule has 4 nitrogen and oxygen atoms in total. The minimum Gasteiger partial charge on any atom is -0.373 e. The number of hydrogen-bond acceptors (Lipinski definition) is 4. The van der Waals surface area contributed by atoms with E-state index in [1.54, 1.807) is 0 Å². The summed E-state index contributed by atoms with van der Waals surface area (Å²) in [7, 11) is 0. The fourth-order valence-corrected chi connectivity index (χ4v) is 1.55. The second kappa shape index (κ2) is 11.4. The molecule has 0 aromatic carbocycles. The van der Waals surface area contributed by atoms with Crippen LogP contribution >= 0.6 is 0 Å². The molecule has 0 aromatic heterocycles. The van der Waals surface area contributed by atoms with Crippen molar-refractivity contribution in [2.75, 3.05) is 33.0 Å². The highest BCUT2D eigenvalue weighted by molar-refractivity contribution is 4.61. The Labute approximate surface area is 137 Å². The Bertz CT molecular complexity index is 231. The van der Waals surface area contributed by atoms with Crippen LogP contribution in [0.25, 0.3) is 0 Å². The van der Waals surface area contributed by atoms with Crippen LogP contribution in [-0.2, 0) is 18.9 Å². The van der Waals surface area contributed by atoms with Crippen molar-refractivity contribution in [1.29, 1.82) is 0 Å². The predicted octanol–water partition coefficient (Wildman–Crippen LogP) is 4.33. The maximum atomic E-state index is 6.00. The van der Waals surface area contributed by atoms with Gasteiger partial charge in [0.1, 0.15) is 6.61 Å². The van der Waals surface area contributed by atoms with E-state index in [1.807, 2.05) is 0 Å². The lowest BCUT2D eigenvalue weighted by molar-refractivity contribution is -0.401. The molecule has 0 saturated carbocycles. The standard InChI is InChI=1S/C18H38O4/c1-14(2)9-19-13-18(20-10-15(3)4,21-11-16(5)6)22-12-17(7)8/h14-17H,9-13H2,1-8H3. The SMILES string of the molecule is CC(C)COCC(OCC(C)C)(OCC(C)C)OCC(C)C. The fourth-order valence-electron chi connectivity index (χ4n) is 1.55. The van der Waals surface area contributed by atoms with Crippen LogP contribution in [0.3, 0.4) is 0 Å². The molecule has 0 aliphatic rings. The summed E-state index contributed by atoms with van der Waals surface area (Å²) in [4.78, 5) is 0. The third kappa shape index (κ3) is 11.4. The maximum absolute atomic E-state index is 6.00. The first-order valence-electron chi connectivity index (χ1n) is 8.66. The molecule has 0 aromatic rings. The summed E-state index contributed by atoms with van der Waals surface area (Å²) in [6.07, 6.45) is 0. The molecule has 0 rings (SSSR count). The van der Waals surface area contributed by atoms with Gasteiger partial charge in [0.05, 0.1) is 19.8 Å². The zero-order valence-electron chi connectivity index (χ0n) is 16.0. The van der Waals surface area contributed by atoms with Gasteiger partial charge in [-0.25, -0.2) is 0 Å². The van der Waals surface area contributed by atoms with Crippen molar-refractivity contribution in [3.8, 4) is 0 Å². The fraction of sp³-hybridized carbons (Fsp3) is 1.00. The Hall–Kier alpha value is -0.160. The highest BCUT2D eigenvalue weighted by atomic mass is 16.9. The quantitative estimate of drug-likeness (QED) is 0.474. The molecule has 0 bridgehead atoms. The van der Waals surface area contributed by atoms with Crippen LogP contribution in [0, 0.1) is 23.7 Å². The molecule has 0 fully saturated rings. The van der Waals surface area contributed by atoms with Gasteiger partial charge in [-0.2, -0.15) is 0 Å². The van der Waals surface area contributed by atoms with Crippen LogP contribution in [0.2, 0.25) is 0 Å². The Morgan fingerprint density at radius 2 is 0.864 bits per heavy atom. The summed E-state index contributed by atoms with van der Waals surface area (Å²) in [5.41, 5.74) is 0. The van der Waals surface area contributed by atoms with Gasteiger partial charge >= 0.3 is 5.97 Å². The van der Waals surface area contributed by atoms with Gasteiger partial charge in [0.2, 0.25) is 0 Å². The second-order valence-electron chi connectivity index (χ2n) is 7.71. The van der Waals surface area contributed by atoms with Gasteiger partial charge in [-0.15, -0.1) is 0 Å². The van der Waals surface area contributed by atoms with Gasteiger partial charge in [0.25, 0.3) is 0 Å². The van der Waals surface area contributed by atoms with Crippen molar-refractivity contribution in [3.63, 3.8) is 0 Å². The summed E-state index contributed by atoms with van der Waals surface area (Å²) < 4.78 is 23.8. The van der Waals surface area contributed by atoms with Gasteiger partial charge in [-0.05, 0) is 23.7 Å². The third-order valence-corrected chi connectivity index (χ3v) is 2.64. The monoisotopic (exact) mass is 318 g/mol. The van der Waals surface area contributed by atoms with Crippen molar-refractivity contribution in [2.45, 2.75) is 61.4 Å².